The fourth-order valence-corrected chi connectivity index (χ4v) is 3.83. The largest absolute Gasteiger partial charge is 0.481 e. The molecule has 2 atom stereocenters. The summed E-state index contributed by atoms with van der Waals surface area (Å²) in [5, 5.41) is 0. The summed E-state index contributed by atoms with van der Waals surface area (Å²) < 4.78 is 12.3. The predicted molar refractivity (Wildman–Crippen MR) is 101 cm³/mol. The van der Waals surface area contributed by atoms with Crippen molar-refractivity contribution in [1.29, 1.82) is 0 Å². The number of amides is 1. The first-order chi connectivity index (χ1) is 12.1. The van der Waals surface area contributed by atoms with E-state index in [0.29, 0.717) is 0 Å². The van der Waals surface area contributed by atoms with Crippen molar-refractivity contribution < 1.29 is 14.3 Å². The van der Waals surface area contributed by atoms with E-state index in [1.54, 1.807) is 0 Å². The van der Waals surface area contributed by atoms with E-state index in [1.165, 1.54) is 6.42 Å². The molecule has 2 aliphatic heterocycles. The molecule has 2 fully saturated rings. The van der Waals surface area contributed by atoms with Crippen LogP contribution in [0.15, 0.2) is 28.7 Å². The molecule has 0 bridgehead atoms. The van der Waals surface area contributed by atoms with Gasteiger partial charge in [-0.3, -0.25) is 9.69 Å². The van der Waals surface area contributed by atoms with E-state index in [-0.39, 0.29) is 11.9 Å². The second-order valence-corrected chi connectivity index (χ2v) is 7.72. The Morgan fingerprint density at radius 1 is 1.24 bits per heavy atom. The Kier molecular flexibility index (Phi) is 6.73. The molecule has 3 rings (SSSR count). The third kappa shape index (κ3) is 5.19. The highest BCUT2D eigenvalue weighted by atomic mass is 79.9. The number of hydrogen-bond acceptors (Lipinski definition) is 4. The average Bonchev–Trinajstić information content (AvgIpc) is 2.64. The first kappa shape index (κ1) is 18.7. The van der Waals surface area contributed by atoms with E-state index in [9.17, 15) is 4.79 Å². The molecule has 0 aromatic heterocycles. The van der Waals surface area contributed by atoms with E-state index in [2.05, 4.69) is 20.8 Å². The molecule has 0 unspecified atom stereocenters. The second-order valence-electron chi connectivity index (χ2n) is 6.81. The van der Waals surface area contributed by atoms with Crippen molar-refractivity contribution in [3.63, 3.8) is 0 Å². The number of nitrogens with zero attached hydrogens (tertiary/aromatic N) is 2. The fourth-order valence-electron chi connectivity index (χ4n) is 3.56. The maximum absolute atomic E-state index is 13.0. The minimum Gasteiger partial charge on any atom is -0.481 e. The highest BCUT2D eigenvalue weighted by Gasteiger charge is 2.32. The molecule has 1 amide bonds. The number of carbonyl (C=O) groups is 1. The van der Waals surface area contributed by atoms with Crippen molar-refractivity contribution in [3.05, 3.63) is 28.7 Å². The molecule has 2 aliphatic rings. The highest BCUT2D eigenvalue weighted by Crippen LogP contribution is 2.22. The molecule has 0 N–H and O–H groups in total. The quantitative estimate of drug-likeness (QED) is 0.748. The molecular weight excluding hydrogens is 384 g/mol. The summed E-state index contributed by atoms with van der Waals surface area (Å²) in [4.78, 5) is 17.4. The minimum absolute atomic E-state index is 0.0980. The Hall–Kier alpha value is -1.11. The van der Waals surface area contributed by atoms with Crippen LogP contribution in [0.5, 0.6) is 5.75 Å². The third-order valence-electron chi connectivity index (χ3n) is 4.96. The summed E-state index contributed by atoms with van der Waals surface area (Å²) in [6.45, 7) is 7.15. The lowest BCUT2D eigenvalue weighted by molar-refractivity contribution is -0.142. The van der Waals surface area contributed by atoms with Gasteiger partial charge in [0.1, 0.15) is 5.75 Å². The molecule has 1 aromatic carbocycles. The number of piperidine rings is 1. The molecule has 0 radical (unpaired) electrons. The van der Waals surface area contributed by atoms with Gasteiger partial charge in [-0.2, -0.15) is 0 Å². The molecule has 1 aromatic rings. The van der Waals surface area contributed by atoms with Gasteiger partial charge in [-0.15, -0.1) is 0 Å². The average molecular weight is 411 g/mol. The zero-order valence-electron chi connectivity index (χ0n) is 14.8. The van der Waals surface area contributed by atoms with Crippen LogP contribution in [0.1, 0.15) is 26.2 Å². The van der Waals surface area contributed by atoms with Crippen molar-refractivity contribution in [1.82, 2.24) is 9.80 Å². The minimum atomic E-state index is -0.466. The standard InChI is InChI=1S/C19H27BrN2O3/c1-15(25-18-7-5-16(20)6-8-18)19(23)22-9-3-2-4-17(22)14-21-10-12-24-13-11-21/h5-8,15,17H,2-4,9-14H2,1H3/t15-,17-/m1/s1. The maximum Gasteiger partial charge on any atom is 0.263 e. The second kappa shape index (κ2) is 9.01. The smallest absolute Gasteiger partial charge is 0.263 e. The topological polar surface area (TPSA) is 42.0 Å². The normalized spacial score (nSPS) is 23.3. The number of halogens is 1. The van der Waals surface area contributed by atoms with Gasteiger partial charge in [0.2, 0.25) is 0 Å². The van der Waals surface area contributed by atoms with Crippen LogP contribution < -0.4 is 4.74 Å². The lowest BCUT2D eigenvalue weighted by atomic mass is 10.0. The number of rotatable bonds is 5. The number of likely N-dealkylation sites (tertiary alicyclic amines) is 1. The molecule has 2 heterocycles. The first-order valence-corrected chi connectivity index (χ1v) is 9.95. The van der Waals surface area contributed by atoms with Gasteiger partial charge in [-0.25, -0.2) is 0 Å². The van der Waals surface area contributed by atoms with Gasteiger partial charge < -0.3 is 14.4 Å². The van der Waals surface area contributed by atoms with Crippen molar-refractivity contribution in [2.24, 2.45) is 0 Å². The molecule has 2 saturated heterocycles. The number of morpholine rings is 1. The van der Waals surface area contributed by atoms with Crippen LogP contribution in [0.3, 0.4) is 0 Å². The molecule has 0 saturated carbocycles. The van der Waals surface area contributed by atoms with E-state index < -0.39 is 6.10 Å². The van der Waals surface area contributed by atoms with Crippen LogP contribution in [-0.2, 0) is 9.53 Å². The lowest BCUT2D eigenvalue weighted by Crippen LogP contribution is -2.54. The summed E-state index contributed by atoms with van der Waals surface area (Å²) in [5.74, 6) is 0.826. The van der Waals surface area contributed by atoms with Crippen LogP contribution in [0.25, 0.3) is 0 Å². The predicted octanol–water partition coefficient (Wildman–Crippen LogP) is 2.93. The number of ether oxygens (including phenoxy) is 2. The van der Waals surface area contributed by atoms with E-state index in [4.69, 9.17) is 9.47 Å². The van der Waals surface area contributed by atoms with Crippen molar-refractivity contribution in [3.8, 4) is 5.75 Å². The molecule has 6 heteroatoms. The maximum atomic E-state index is 13.0. The summed E-state index contributed by atoms with van der Waals surface area (Å²) in [5.41, 5.74) is 0. The Balaban J connectivity index is 1.59. The van der Waals surface area contributed by atoms with Crippen LogP contribution in [0.2, 0.25) is 0 Å². The molecular formula is C19H27BrN2O3. The van der Waals surface area contributed by atoms with Crippen LogP contribution >= 0.6 is 15.9 Å². The Labute approximate surface area is 158 Å². The van der Waals surface area contributed by atoms with Gasteiger partial charge in [0.05, 0.1) is 13.2 Å². The highest BCUT2D eigenvalue weighted by molar-refractivity contribution is 9.10. The van der Waals surface area contributed by atoms with E-state index in [1.807, 2.05) is 36.1 Å². The summed E-state index contributed by atoms with van der Waals surface area (Å²) in [6.07, 6.45) is 2.89. The molecule has 25 heavy (non-hydrogen) atoms. The third-order valence-corrected chi connectivity index (χ3v) is 5.49. The van der Waals surface area contributed by atoms with Gasteiger partial charge in [0.25, 0.3) is 5.91 Å². The first-order valence-electron chi connectivity index (χ1n) is 9.16. The van der Waals surface area contributed by atoms with E-state index in [0.717, 1.165) is 62.5 Å². The molecule has 138 valence electrons. The molecule has 0 aliphatic carbocycles. The van der Waals surface area contributed by atoms with Crippen LogP contribution in [0, 0.1) is 0 Å². The lowest BCUT2D eigenvalue weighted by Gasteiger charge is -2.40. The zero-order valence-corrected chi connectivity index (χ0v) is 16.4. The summed E-state index contributed by atoms with van der Waals surface area (Å²) in [6, 6.07) is 7.91. The van der Waals surface area contributed by atoms with Gasteiger partial charge in [-0.1, -0.05) is 15.9 Å². The Morgan fingerprint density at radius 2 is 1.96 bits per heavy atom. The monoisotopic (exact) mass is 410 g/mol. The SMILES string of the molecule is C[C@@H](Oc1ccc(Br)cc1)C(=O)N1CCCC[C@@H]1CN1CCOCC1. The van der Waals surface area contributed by atoms with Gasteiger partial charge >= 0.3 is 0 Å². The van der Waals surface area contributed by atoms with Gasteiger partial charge in [-0.05, 0) is 50.5 Å². The van der Waals surface area contributed by atoms with E-state index >= 15 is 0 Å². The van der Waals surface area contributed by atoms with Gasteiger partial charge in [0.15, 0.2) is 6.10 Å². The fraction of sp³-hybridized carbons (Fsp3) is 0.632. The van der Waals surface area contributed by atoms with Gasteiger partial charge in [0, 0.05) is 36.7 Å². The van der Waals surface area contributed by atoms with Crippen molar-refractivity contribution in [2.75, 3.05) is 39.4 Å². The Bertz CT molecular complexity index is 560. The number of carbonyl (C=O) groups excluding carboxylic acids is 1. The van der Waals surface area contributed by atoms with Crippen molar-refractivity contribution >= 4 is 21.8 Å². The number of hydrogen-bond donors (Lipinski definition) is 0. The van der Waals surface area contributed by atoms with Crippen molar-refractivity contribution in [2.45, 2.75) is 38.3 Å². The molecule has 0 spiro atoms. The summed E-state index contributed by atoms with van der Waals surface area (Å²) in [7, 11) is 0. The molecule has 5 nitrogen and oxygen atoms in total. The Morgan fingerprint density at radius 3 is 2.68 bits per heavy atom. The number of benzene rings is 1. The van der Waals surface area contributed by atoms with Crippen LogP contribution in [0.4, 0.5) is 0 Å². The summed E-state index contributed by atoms with van der Waals surface area (Å²) >= 11 is 3.41. The van der Waals surface area contributed by atoms with Crippen LogP contribution in [-0.4, -0.2) is 67.2 Å². The zero-order chi connectivity index (χ0) is 17.6.